The number of anilines is 2. The molecule has 2 N–H and O–H groups in total. The average molecular weight is 436 g/mol. The highest BCUT2D eigenvalue weighted by molar-refractivity contribution is 6.12. The van der Waals surface area contributed by atoms with E-state index in [1.807, 2.05) is 13.8 Å². The molecule has 1 unspecified atom stereocenters. The normalized spacial score (nSPS) is 16.1. The van der Waals surface area contributed by atoms with Crippen LogP contribution in [-0.2, 0) is 11.0 Å². The van der Waals surface area contributed by atoms with Gasteiger partial charge in [-0.25, -0.2) is 4.39 Å². The second-order valence-electron chi connectivity index (χ2n) is 7.16. The Bertz CT molecular complexity index is 970. The lowest BCUT2D eigenvalue weighted by Gasteiger charge is -2.20. The van der Waals surface area contributed by atoms with Gasteiger partial charge in [0.15, 0.2) is 0 Å². The molecule has 166 valence electrons. The maximum absolute atomic E-state index is 13.6. The summed E-state index contributed by atoms with van der Waals surface area (Å²) in [5.41, 5.74) is 0.106. The molecular formula is C22H24F4N4O. The smallest absolute Gasteiger partial charge is 0.383 e. The lowest BCUT2D eigenvalue weighted by Crippen LogP contribution is -2.29. The number of likely N-dealkylation sites (N-methyl/N-ethyl adjacent to an activating group) is 1. The maximum Gasteiger partial charge on any atom is 0.418 e. The molecule has 0 fully saturated rings. The van der Waals surface area contributed by atoms with Gasteiger partial charge in [0, 0.05) is 30.7 Å². The Morgan fingerprint density at radius 3 is 2.58 bits per heavy atom. The van der Waals surface area contributed by atoms with Crippen molar-refractivity contribution in [3.05, 3.63) is 53.3 Å². The third-order valence-electron chi connectivity index (χ3n) is 5.21. The predicted octanol–water partition coefficient (Wildman–Crippen LogP) is 5.04. The van der Waals surface area contributed by atoms with Gasteiger partial charge in [-0.3, -0.25) is 9.79 Å². The Labute approximate surface area is 178 Å². The summed E-state index contributed by atoms with van der Waals surface area (Å²) in [7, 11) is 0. The van der Waals surface area contributed by atoms with Crippen molar-refractivity contribution in [3.8, 4) is 0 Å². The van der Waals surface area contributed by atoms with Crippen molar-refractivity contribution in [2.24, 2.45) is 4.99 Å². The van der Waals surface area contributed by atoms with Crippen LogP contribution < -0.4 is 10.6 Å². The minimum atomic E-state index is -4.56. The van der Waals surface area contributed by atoms with Crippen LogP contribution in [0, 0.1) is 5.82 Å². The molecule has 31 heavy (non-hydrogen) atoms. The maximum atomic E-state index is 13.6. The van der Waals surface area contributed by atoms with E-state index >= 15 is 0 Å². The van der Waals surface area contributed by atoms with Crippen molar-refractivity contribution in [1.29, 1.82) is 0 Å². The number of carbonyl (C=O) groups excluding carboxylic acids is 1. The zero-order chi connectivity index (χ0) is 22.6. The standard InChI is InChI=1S/C22H24F4N4O/c1-3-30(4-2)10-9-27-19-8-6-15(12-18(19)22(24,25)26)28-13-17-16-7-5-14(23)11-20(16)29-21(17)31/h5-8,11-13,17,27H,3-4,9-10H2,1-2H3,(H,29,31). The summed E-state index contributed by atoms with van der Waals surface area (Å²) < 4.78 is 54.1. The summed E-state index contributed by atoms with van der Waals surface area (Å²) in [6.07, 6.45) is -3.28. The molecule has 0 aliphatic carbocycles. The Kier molecular flexibility index (Phi) is 6.94. The van der Waals surface area contributed by atoms with Gasteiger partial charge in [0.1, 0.15) is 11.7 Å². The molecule has 0 aromatic heterocycles. The second kappa shape index (κ2) is 9.47. The van der Waals surface area contributed by atoms with Crippen molar-refractivity contribution >= 4 is 29.2 Å². The van der Waals surface area contributed by atoms with Gasteiger partial charge in [0.2, 0.25) is 5.91 Å². The third-order valence-corrected chi connectivity index (χ3v) is 5.21. The molecule has 0 radical (unpaired) electrons. The van der Waals surface area contributed by atoms with Crippen LogP contribution in [0.2, 0.25) is 0 Å². The summed E-state index contributed by atoms with van der Waals surface area (Å²) >= 11 is 0. The molecule has 0 spiro atoms. The van der Waals surface area contributed by atoms with E-state index in [-0.39, 0.29) is 11.4 Å². The van der Waals surface area contributed by atoms with Crippen molar-refractivity contribution in [2.75, 3.05) is 36.8 Å². The van der Waals surface area contributed by atoms with Gasteiger partial charge in [-0.2, -0.15) is 13.2 Å². The van der Waals surface area contributed by atoms with E-state index in [1.54, 1.807) is 0 Å². The van der Waals surface area contributed by atoms with Crippen molar-refractivity contribution in [1.82, 2.24) is 4.90 Å². The van der Waals surface area contributed by atoms with Crippen molar-refractivity contribution in [3.63, 3.8) is 0 Å². The van der Waals surface area contributed by atoms with Crippen LogP contribution in [0.3, 0.4) is 0 Å². The van der Waals surface area contributed by atoms with Crippen LogP contribution in [-0.4, -0.2) is 43.2 Å². The van der Waals surface area contributed by atoms with Crippen molar-refractivity contribution < 1.29 is 22.4 Å². The Balaban J connectivity index is 1.79. The molecule has 1 aliphatic heterocycles. The van der Waals surface area contributed by atoms with Gasteiger partial charge >= 0.3 is 6.18 Å². The fourth-order valence-corrected chi connectivity index (χ4v) is 3.46. The molecule has 9 heteroatoms. The number of nitrogens with zero attached hydrogens (tertiary/aromatic N) is 2. The number of hydrogen-bond donors (Lipinski definition) is 2. The predicted molar refractivity (Wildman–Crippen MR) is 114 cm³/mol. The van der Waals surface area contributed by atoms with Gasteiger partial charge in [-0.15, -0.1) is 0 Å². The van der Waals surface area contributed by atoms with Crippen LogP contribution in [0.25, 0.3) is 0 Å². The van der Waals surface area contributed by atoms with Crippen LogP contribution in [0.5, 0.6) is 0 Å². The first-order chi connectivity index (χ1) is 14.7. The molecule has 0 saturated heterocycles. The van der Waals surface area contributed by atoms with Gasteiger partial charge < -0.3 is 15.5 Å². The molecule has 2 aromatic rings. The quantitative estimate of drug-likeness (QED) is 0.451. The van der Waals surface area contributed by atoms with E-state index in [4.69, 9.17) is 0 Å². The van der Waals surface area contributed by atoms with E-state index in [0.29, 0.717) is 24.3 Å². The molecule has 3 rings (SSSR count). The SMILES string of the molecule is CCN(CC)CCNc1ccc(N=CC2C(=O)Nc3cc(F)ccc32)cc1C(F)(F)F. The Morgan fingerprint density at radius 2 is 1.90 bits per heavy atom. The monoisotopic (exact) mass is 436 g/mol. The zero-order valence-electron chi connectivity index (χ0n) is 17.3. The van der Waals surface area contributed by atoms with E-state index in [9.17, 15) is 22.4 Å². The average Bonchev–Trinajstić information content (AvgIpc) is 3.03. The van der Waals surface area contributed by atoms with Crippen molar-refractivity contribution in [2.45, 2.75) is 25.9 Å². The first kappa shape index (κ1) is 22.7. The molecule has 1 aliphatic rings. The molecule has 0 saturated carbocycles. The molecule has 5 nitrogen and oxygen atoms in total. The summed E-state index contributed by atoms with van der Waals surface area (Å²) in [5.74, 6) is -1.69. The molecule has 2 aromatic carbocycles. The van der Waals surface area contributed by atoms with E-state index < -0.39 is 29.4 Å². The van der Waals surface area contributed by atoms with Gasteiger partial charge in [-0.05, 0) is 49.0 Å². The van der Waals surface area contributed by atoms with E-state index in [2.05, 4.69) is 20.5 Å². The number of halogens is 4. The number of rotatable bonds is 8. The number of aliphatic imine (C=N–C) groups is 1. The molecule has 1 heterocycles. The lowest BCUT2D eigenvalue weighted by atomic mass is 10.0. The number of amides is 1. The first-order valence-electron chi connectivity index (χ1n) is 10.0. The summed E-state index contributed by atoms with van der Waals surface area (Å²) in [6, 6.07) is 7.64. The topological polar surface area (TPSA) is 56.7 Å². The van der Waals surface area contributed by atoms with E-state index in [0.717, 1.165) is 19.2 Å². The molecule has 1 amide bonds. The highest BCUT2D eigenvalue weighted by Crippen LogP contribution is 2.38. The Morgan fingerprint density at radius 1 is 1.16 bits per heavy atom. The minimum Gasteiger partial charge on any atom is -0.383 e. The number of benzene rings is 2. The number of alkyl halides is 3. The third kappa shape index (κ3) is 5.41. The zero-order valence-corrected chi connectivity index (χ0v) is 17.3. The molecule has 1 atom stereocenters. The van der Waals surface area contributed by atoms with Gasteiger partial charge in [0.05, 0.1) is 11.3 Å². The largest absolute Gasteiger partial charge is 0.418 e. The minimum absolute atomic E-state index is 0.0157. The number of carbonyl (C=O) groups is 1. The Hall–Kier alpha value is -2.94. The van der Waals surface area contributed by atoms with Gasteiger partial charge in [0.25, 0.3) is 0 Å². The van der Waals surface area contributed by atoms with Gasteiger partial charge in [-0.1, -0.05) is 19.9 Å². The summed E-state index contributed by atoms with van der Waals surface area (Å²) in [6.45, 7) is 6.64. The van der Waals surface area contributed by atoms with E-state index in [1.165, 1.54) is 36.5 Å². The molecule has 0 bridgehead atoms. The number of hydrogen-bond acceptors (Lipinski definition) is 4. The van der Waals surface area contributed by atoms with Crippen LogP contribution in [0.15, 0.2) is 41.4 Å². The highest BCUT2D eigenvalue weighted by Gasteiger charge is 2.34. The number of fused-ring (bicyclic) bond motifs is 1. The second-order valence-corrected chi connectivity index (χ2v) is 7.16. The fraction of sp³-hybridized carbons (Fsp3) is 0.364. The fourth-order valence-electron chi connectivity index (χ4n) is 3.46. The van der Waals surface area contributed by atoms with Crippen LogP contribution in [0.1, 0.15) is 30.9 Å². The lowest BCUT2D eigenvalue weighted by molar-refractivity contribution is -0.137. The van der Waals surface area contributed by atoms with Crippen LogP contribution in [0.4, 0.5) is 34.6 Å². The highest BCUT2D eigenvalue weighted by atomic mass is 19.4. The first-order valence-corrected chi connectivity index (χ1v) is 10.0. The number of nitrogens with one attached hydrogen (secondary N) is 2. The summed E-state index contributed by atoms with van der Waals surface area (Å²) in [4.78, 5) is 18.3. The van der Waals surface area contributed by atoms with Crippen LogP contribution >= 0.6 is 0 Å². The molecular weight excluding hydrogens is 412 g/mol. The summed E-state index contributed by atoms with van der Waals surface area (Å²) in [5, 5.41) is 5.40.